The number of hydrogen-bond acceptors (Lipinski definition) is 4. The van der Waals surface area contributed by atoms with Gasteiger partial charge in [0.25, 0.3) is 0 Å². The van der Waals surface area contributed by atoms with Crippen LogP contribution in [0.25, 0.3) is 0 Å². The summed E-state index contributed by atoms with van der Waals surface area (Å²) < 4.78 is 0. The third-order valence-corrected chi connectivity index (χ3v) is 12.3. The number of carbonyl (C=O) groups is 1. The Hall–Kier alpha value is -0.650. The number of aliphatic hydroxyl groups excluding tert-OH is 2. The van der Waals surface area contributed by atoms with Gasteiger partial charge in [0.2, 0.25) is 0 Å². The van der Waals surface area contributed by atoms with Crippen LogP contribution in [0.4, 0.5) is 0 Å². The molecule has 0 aromatic rings. The predicted octanol–water partition coefficient (Wildman–Crippen LogP) is 7.04. The molecule has 4 saturated carbocycles. The Morgan fingerprint density at radius 2 is 1.61 bits per heavy atom. The minimum absolute atomic E-state index is 0.200. The molecule has 5 heteroatoms. The molecule has 0 bridgehead atoms. The second kappa shape index (κ2) is 13.3. The lowest BCUT2D eigenvalue weighted by atomic mass is 9.43. The van der Waals surface area contributed by atoms with Crippen molar-refractivity contribution in [3.05, 3.63) is 0 Å². The number of carboxylic acid groups (broad SMARTS) is 1. The van der Waals surface area contributed by atoms with Gasteiger partial charge < -0.3 is 20.6 Å². The summed E-state index contributed by atoms with van der Waals surface area (Å²) >= 11 is 0. The standard InChI is InChI=1S/C29H51NO4.C4H10/c1-6-19(7-2)30-20-12-13-28(4)18(14-20)15-24(31)27-22-10-9-21(17(3)8-11-26(33)34)29(22,5)25(32)16-23(27)28;1-3-4-2/h17-25,27,30-32H,6-16H2,1-5H3,(H,33,34);3-4H2,1-2H3. The van der Waals surface area contributed by atoms with Crippen molar-refractivity contribution in [2.24, 2.45) is 46.3 Å². The Morgan fingerprint density at radius 3 is 2.18 bits per heavy atom. The van der Waals surface area contributed by atoms with Crippen LogP contribution in [0.3, 0.4) is 0 Å². The van der Waals surface area contributed by atoms with Crippen LogP contribution in [0.5, 0.6) is 0 Å². The maximum Gasteiger partial charge on any atom is 0.303 e. The summed E-state index contributed by atoms with van der Waals surface area (Å²) in [6, 6.07) is 1.14. The third-order valence-electron chi connectivity index (χ3n) is 12.3. The molecule has 0 saturated heterocycles. The molecule has 4 rings (SSSR count). The monoisotopic (exact) mass is 535 g/mol. The largest absolute Gasteiger partial charge is 0.481 e. The topological polar surface area (TPSA) is 89.8 Å². The maximum absolute atomic E-state index is 11.7. The Labute approximate surface area is 233 Å². The average Bonchev–Trinajstić information content (AvgIpc) is 3.25. The van der Waals surface area contributed by atoms with Crippen LogP contribution in [0.15, 0.2) is 0 Å². The first kappa shape index (κ1) is 31.9. The smallest absolute Gasteiger partial charge is 0.303 e. The number of rotatable bonds is 9. The fourth-order valence-electron chi connectivity index (χ4n) is 9.72. The first-order valence-corrected chi connectivity index (χ1v) is 16.3. The van der Waals surface area contributed by atoms with Crippen LogP contribution >= 0.6 is 0 Å². The molecule has 11 unspecified atom stereocenters. The Kier molecular flexibility index (Phi) is 11.2. The van der Waals surface area contributed by atoms with E-state index in [0.717, 1.165) is 32.1 Å². The van der Waals surface area contributed by atoms with E-state index in [1.807, 2.05) is 0 Å². The third kappa shape index (κ3) is 6.15. The number of unbranched alkanes of at least 4 members (excludes halogenated alkanes) is 1. The summed E-state index contributed by atoms with van der Waals surface area (Å²) in [6.45, 7) is 15.8. The highest BCUT2D eigenvalue weighted by molar-refractivity contribution is 5.66. The molecule has 11 atom stereocenters. The van der Waals surface area contributed by atoms with Crippen molar-refractivity contribution in [3.63, 3.8) is 0 Å². The molecule has 0 aromatic heterocycles. The molecule has 4 N–H and O–H groups in total. The van der Waals surface area contributed by atoms with E-state index in [4.69, 9.17) is 0 Å². The summed E-state index contributed by atoms with van der Waals surface area (Å²) in [7, 11) is 0. The van der Waals surface area contributed by atoms with Gasteiger partial charge >= 0.3 is 5.97 Å². The van der Waals surface area contributed by atoms with Crippen molar-refractivity contribution < 1.29 is 20.1 Å². The predicted molar refractivity (Wildman–Crippen MR) is 156 cm³/mol. The second-order valence-corrected chi connectivity index (χ2v) is 14.2. The number of nitrogens with one attached hydrogen (secondary N) is 1. The van der Waals surface area contributed by atoms with Crippen molar-refractivity contribution in [1.29, 1.82) is 0 Å². The van der Waals surface area contributed by atoms with Crippen LogP contribution in [-0.2, 0) is 4.79 Å². The lowest BCUT2D eigenvalue weighted by molar-refractivity contribution is -0.202. The summed E-state index contributed by atoms with van der Waals surface area (Å²) in [6.07, 6.45) is 12.6. The van der Waals surface area contributed by atoms with Crippen molar-refractivity contribution in [2.45, 2.75) is 156 Å². The van der Waals surface area contributed by atoms with Gasteiger partial charge in [0.1, 0.15) is 0 Å². The van der Waals surface area contributed by atoms with Gasteiger partial charge in [0.15, 0.2) is 0 Å². The second-order valence-electron chi connectivity index (χ2n) is 14.2. The SMILES string of the molecule is CCC(CC)NC1CCC2(C)C(C1)CC(O)C1C2CC(O)C2(C)C(C(C)CCC(=O)O)CCC12.CCCC. The van der Waals surface area contributed by atoms with Crippen molar-refractivity contribution >= 4 is 5.97 Å². The molecular weight excluding hydrogens is 474 g/mol. The summed E-state index contributed by atoms with van der Waals surface area (Å²) in [4.78, 5) is 11.2. The van der Waals surface area contributed by atoms with Gasteiger partial charge in [-0.15, -0.1) is 0 Å². The minimum Gasteiger partial charge on any atom is -0.481 e. The molecule has 0 aromatic carbocycles. The molecule has 222 valence electrons. The summed E-state index contributed by atoms with van der Waals surface area (Å²) in [5.74, 6) is 1.41. The highest BCUT2D eigenvalue weighted by Crippen LogP contribution is 2.68. The van der Waals surface area contributed by atoms with Crippen molar-refractivity contribution in [3.8, 4) is 0 Å². The first-order chi connectivity index (χ1) is 18.0. The van der Waals surface area contributed by atoms with Gasteiger partial charge in [-0.05, 0) is 111 Å². The molecule has 5 nitrogen and oxygen atoms in total. The Balaban J connectivity index is 0.000000934. The normalized spacial score (nSPS) is 42.9. The average molecular weight is 536 g/mol. The van der Waals surface area contributed by atoms with Crippen LogP contribution in [0, 0.1) is 46.3 Å². The van der Waals surface area contributed by atoms with E-state index in [9.17, 15) is 20.1 Å². The number of aliphatic hydroxyl groups is 2. The zero-order chi connectivity index (χ0) is 28.3. The molecule has 4 fully saturated rings. The van der Waals surface area contributed by atoms with Crippen molar-refractivity contribution in [1.82, 2.24) is 5.32 Å². The lowest BCUT2D eigenvalue weighted by Crippen LogP contribution is -2.63. The van der Waals surface area contributed by atoms with E-state index in [-0.39, 0.29) is 41.3 Å². The zero-order valence-electron chi connectivity index (χ0n) is 25.7. The van der Waals surface area contributed by atoms with Crippen LogP contribution in [-0.4, -0.2) is 45.6 Å². The van der Waals surface area contributed by atoms with Crippen LogP contribution in [0.1, 0.15) is 132 Å². The molecule has 0 amide bonds. The number of fused-ring (bicyclic) bond motifs is 5. The Bertz CT molecular complexity index is 753. The fraction of sp³-hybridized carbons (Fsp3) is 0.970. The number of aliphatic carboxylic acids is 1. The molecule has 0 spiro atoms. The van der Waals surface area contributed by atoms with Gasteiger partial charge in [-0.2, -0.15) is 0 Å². The minimum atomic E-state index is -0.730. The maximum atomic E-state index is 11.7. The van der Waals surface area contributed by atoms with E-state index < -0.39 is 5.97 Å². The summed E-state index contributed by atoms with van der Waals surface area (Å²) in [5, 5.41) is 36.4. The lowest BCUT2D eigenvalue weighted by Gasteiger charge is -2.64. The first-order valence-electron chi connectivity index (χ1n) is 16.3. The van der Waals surface area contributed by atoms with Crippen LogP contribution < -0.4 is 5.32 Å². The molecule has 4 aliphatic rings. The van der Waals surface area contributed by atoms with Gasteiger partial charge in [0.05, 0.1) is 12.2 Å². The molecule has 4 aliphatic carbocycles. The van der Waals surface area contributed by atoms with E-state index in [1.54, 1.807) is 0 Å². The van der Waals surface area contributed by atoms with Crippen LogP contribution in [0.2, 0.25) is 0 Å². The van der Waals surface area contributed by atoms with Gasteiger partial charge in [-0.25, -0.2) is 0 Å². The molecular formula is C33H61NO4. The van der Waals surface area contributed by atoms with E-state index in [1.165, 1.54) is 38.5 Å². The molecule has 0 heterocycles. The highest BCUT2D eigenvalue weighted by atomic mass is 16.4. The van der Waals surface area contributed by atoms with E-state index in [0.29, 0.717) is 42.2 Å². The van der Waals surface area contributed by atoms with Gasteiger partial charge in [-0.1, -0.05) is 61.3 Å². The molecule has 38 heavy (non-hydrogen) atoms. The molecule has 0 radical (unpaired) electrons. The molecule has 0 aliphatic heterocycles. The van der Waals surface area contributed by atoms with E-state index in [2.05, 4.69) is 53.8 Å². The quantitative estimate of drug-likeness (QED) is 0.254. The Morgan fingerprint density at radius 1 is 0.947 bits per heavy atom. The number of hydrogen-bond donors (Lipinski definition) is 4. The van der Waals surface area contributed by atoms with E-state index >= 15 is 0 Å². The highest BCUT2D eigenvalue weighted by Gasteiger charge is 2.65. The number of carboxylic acids is 1. The van der Waals surface area contributed by atoms with Gasteiger partial charge in [0, 0.05) is 18.5 Å². The summed E-state index contributed by atoms with van der Waals surface area (Å²) in [5.41, 5.74) is -0.0111. The van der Waals surface area contributed by atoms with Gasteiger partial charge in [-0.3, -0.25) is 4.79 Å². The van der Waals surface area contributed by atoms with Crippen molar-refractivity contribution in [2.75, 3.05) is 0 Å². The fourth-order valence-corrected chi connectivity index (χ4v) is 9.72. The zero-order valence-corrected chi connectivity index (χ0v) is 25.7.